The van der Waals surface area contributed by atoms with Crippen LogP contribution in [0.25, 0.3) is 96.3 Å². The van der Waals surface area contributed by atoms with Gasteiger partial charge in [0, 0.05) is 56.7 Å². The Morgan fingerprint density at radius 1 is 0.368 bits per heavy atom. The number of benzene rings is 6. The fourth-order valence-corrected chi connectivity index (χ4v) is 9.94. The topological polar surface area (TPSA) is 35.6 Å². The largest absolute Gasteiger partial charge is 2.00 e. The van der Waals surface area contributed by atoms with Crippen LogP contribution in [0, 0.1) is 12.1 Å². The zero-order chi connectivity index (χ0) is 37.0. The molecule has 4 nitrogen and oxygen atoms in total. The predicted octanol–water partition coefficient (Wildman–Crippen LogP) is 13.7. The Labute approximate surface area is 351 Å². The molecule has 0 aliphatic carbocycles. The molecule has 7 heteroatoms. The van der Waals surface area contributed by atoms with Crippen LogP contribution in [0.5, 0.6) is 0 Å². The number of hydrogen-bond acceptors (Lipinski definition) is 4. The first kappa shape index (κ1) is 35.3. The molecule has 272 valence electrons. The molecule has 0 saturated carbocycles. The van der Waals surface area contributed by atoms with Crippen molar-refractivity contribution in [1.82, 2.24) is 19.1 Å². The van der Waals surface area contributed by atoms with Crippen LogP contribution in [0.2, 0.25) is 0 Å². The second-order valence-corrected chi connectivity index (χ2v) is 15.7. The zero-order valence-corrected chi connectivity index (χ0v) is 34.1. The molecule has 6 aromatic heterocycles. The van der Waals surface area contributed by atoms with Gasteiger partial charge in [-0.3, -0.25) is 0 Å². The first-order chi connectivity index (χ1) is 27.8. The Hall–Kier alpha value is -6.17. The molecule has 0 bridgehead atoms. The Morgan fingerprint density at radius 3 is 1.07 bits per heavy atom. The summed E-state index contributed by atoms with van der Waals surface area (Å²) in [6.07, 6.45) is 3.73. The third-order valence-electron chi connectivity index (χ3n) is 10.3. The Bertz CT molecular complexity index is 3010. The van der Waals surface area contributed by atoms with Crippen LogP contribution in [0.15, 0.2) is 182 Å². The molecule has 57 heavy (non-hydrogen) atoms. The minimum Gasteiger partial charge on any atom is -0.316 e. The van der Waals surface area contributed by atoms with E-state index in [0.717, 1.165) is 43.3 Å². The van der Waals surface area contributed by atoms with E-state index in [-0.39, 0.29) is 21.1 Å². The van der Waals surface area contributed by atoms with Crippen LogP contribution in [0.3, 0.4) is 0 Å². The summed E-state index contributed by atoms with van der Waals surface area (Å²) in [5.41, 5.74) is 8.88. The average molecular weight is 946 g/mol. The number of pyridine rings is 2. The summed E-state index contributed by atoms with van der Waals surface area (Å²) in [4.78, 5) is 11.7. The fraction of sp³-hybridized carbons (Fsp3) is 0. The number of aromatic nitrogens is 4. The third-order valence-corrected chi connectivity index (χ3v) is 12.5. The molecular weight excluding hydrogens is 916 g/mol. The summed E-state index contributed by atoms with van der Waals surface area (Å²) < 4.78 is 7.11. The summed E-state index contributed by atoms with van der Waals surface area (Å²) in [5.74, 6) is 0. The van der Waals surface area contributed by atoms with Crippen LogP contribution in [0.1, 0.15) is 0 Å². The standard InChI is InChI=1S/2C25H15N2S.Pt/c2*1-6-14-23-17(8-1)16-24(28-23)25-22(13-7-15-26-25)27-20-11-4-2-9-18(20)19-10-3-5-12-21(19)27;/h2*1-15H;/q2*-1;+2. The van der Waals surface area contributed by atoms with Crippen molar-refractivity contribution in [3.63, 3.8) is 0 Å². The predicted molar refractivity (Wildman–Crippen MR) is 236 cm³/mol. The van der Waals surface area contributed by atoms with Crippen LogP contribution in [-0.4, -0.2) is 19.1 Å². The van der Waals surface area contributed by atoms with E-state index in [1.165, 1.54) is 53.0 Å². The second kappa shape index (κ2) is 14.7. The quantitative estimate of drug-likeness (QED) is 0.165. The summed E-state index contributed by atoms with van der Waals surface area (Å²) in [5, 5.41) is 7.31. The van der Waals surface area contributed by atoms with Crippen molar-refractivity contribution in [2.75, 3.05) is 0 Å². The molecule has 0 unspecified atom stereocenters. The molecule has 0 saturated heterocycles. The van der Waals surface area contributed by atoms with E-state index >= 15 is 0 Å². The van der Waals surface area contributed by atoms with Crippen LogP contribution >= 0.6 is 22.7 Å². The molecule has 12 aromatic rings. The molecule has 0 aliphatic rings. The molecule has 0 fully saturated rings. The fourth-order valence-electron chi connectivity index (χ4n) is 7.92. The maximum absolute atomic E-state index is 4.77. The van der Waals surface area contributed by atoms with Crippen molar-refractivity contribution in [3.05, 3.63) is 194 Å². The van der Waals surface area contributed by atoms with Crippen molar-refractivity contribution in [2.45, 2.75) is 0 Å². The van der Waals surface area contributed by atoms with E-state index in [0.29, 0.717) is 0 Å². The van der Waals surface area contributed by atoms with E-state index in [1.54, 1.807) is 22.7 Å². The monoisotopic (exact) mass is 945 g/mol. The van der Waals surface area contributed by atoms with Crippen molar-refractivity contribution < 1.29 is 21.1 Å². The van der Waals surface area contributed by atoms with Crippen LogP contribution in [0.4, 0.5) is 0 Å². The first-order valence-electron chi connectivity index (χ1n) is 18.5. The van der Waals surface area contributed by atoms with E-state index in [1.807, 2.05) is 24.5 Å². The maximum atomic E-state index is 4.77. The smallest absolute Gasteiger partial charge is 0.316 e. The molecule has 0 amide bonds. The van der Waals surface area contributed by atoms with Crippen molar-refractivity contribution in [2.24, 2.45) is 0 Å². The van der Waals surface area contributed by atoms with Gasteiger partial charge in [0.2, 0.25) is 0 Å². The van der Waals surface area contributed by atoms with Crippen LogP contribution in [-0.2, 0) is 21.1 Å². The zero-order valence-electron chi connectivity index (χ0n) is 30.2. The molecule has 0 atom stereocenters. The molecule has 0 spiro atoms. The summed E-state index contributed by atoms with van der Waals surface area (Å²) in [7, 11) is 0. The number of fused-ring (bicyclic) bond motifs is 8. The Morgan fingerprint density at radius 2 is 0.702 bits per heavy atom. The SMILES string of the molecule is [Pt+2].[c-]1c(-c2ncccc2-n2c3ccccc3c3ccccc32)sc2ccccc12.[c-]1c(-c2ncccc2-n2c3ccccc3c3ccccc32)sc2ccccc12. The third kappa shape index (κ3) is 6.00. The Balaban J connectivity index is 0.000000137. The van der Waals surface area contributed by atoms with Gasteiger partial charge < -0.3 is 19.1 Å². The molecule has 0 aliphatic heterocycles. The van der Waals surface area contributed by atoms with Gasteiger partial charge in [-0.2, -0.15) is 0 Å². The minimum atomic E-state index is 0. The first-order valence-corrected chi connectivity index (χ1v) is 20.1. The van der Waals surface area contributed by atoms with Gasteiger partial charge in [0.15, 0.2) is 0 Å². The van der Waals surface area contributed by atoms with Gasteiger partial charge in [0.05, 0.1) is 22.1 Å². The van der Waals surface area contributed by atoms with Gasteiger partial charge in [-0.1, -0.05) is 97.1 Å². The minimum absolute atomic E-state index is 0. The molecule has 6 aromatic carbocycles. The van der Waals surface area contributed by atoms with E-state index < -0.39 is 0 Å². The number of nitrogens with zero attached hydrogens (tertiary/aromatic N) is 4. The summed E-state index contributed by atoms with van der Waals surface area (Å²) in [6, 6.07) is 66.5. The van der Waals surface area contributed by atoms with Gasteiger partial charge in [-0.25, -0.2) is 22.7 Å². The van der Waals surface area contributed by atoms with Gasteiger partial charge in [0.1, 0.15) is 0 Å². The van der Waals surface area contributed by atoms with Gasteiger partial charge in [-0.05, 0) is 67.7 Å². The number of para-hydroxylation sites is 4. The van der Waals surface area contributed by atoms with Crippen molar-refractivity contribution in [1.29, 1.82) is 0 Å². The normalized spacial score (nSPS) is 11.4. The van der Waals surface area contributed by atoms with Crippen molar-refractivity contribution >= 4 is 86.5 Å². The van der Waals surface area contributed by atoms with Crippen molar-refractivity contribution in [3.8, 4) is 32.5 Å². The average Bonchev–Trinajstić information content (AvgIpc) is 4.05. The summed E-state index contributed by atoms with van der Waals surface area (Å²) >= 11 is 3.48. The van der Waals surface area contributed by atoms with E-state index in [9.17, 15) is 0 Å². The molecule has 12 rings (SSSR count). The van der Waals surface area contributed by atoms with Gasteiger partial charge >= 0.3 is 21.1 Å². The molecule has 0 N–H and O–H groups in total. The Kier molecular flexibility index (Phi) is 9.11. The molecule has 6 heterocycles. The molecular formula is C50H30N4PtS2. The number of rotatable bonds is 4. The number of hydrogen-bond donors (Lipinski definition) is 0. The van der Waals surface area contributed by atoms with Gasteiger partial charge in [-0.15, -0.1) is 47.2 Å². The van der Waals surface area contributed by atoms with E-state index in [4.69, 9.17) is 9.97 Å². The maximum Gasteiger partial charge on any atom is 2.00 e. The van der Waals surface area contributed by atoms with Gasteiger partial charge in [0.25, 0.3) is 0 Å². The van der Waals surface area contributed by atoms with Crippen LogP contribution < -0.4 is 0 Å². The number of thiophene rings is 2. The second-order valence-electron chi connectivity index (χ2n) is 13.6. The van der Waals surface area contributed by atoms with E-state index in [2.05, 4.69) is 179 Å². The summed E-state index contributed by atoms with van der Waals surface area (Å²) in [6.45, 7) is 0. The molecule has 0 radical (unpaired) electrons.